The first-order valence-corrected chi connectivity index (χ1v) is 29.6. The molecule has 0 bridgehead atoms. The maximum Gasteiger partial charge on any atom is 0.306 e. The SMILES string of the molecule is CC/C=C/C=C/C=C\C=C/CCCCCC(=O)OC1C(OCC(NC(=O)C(O)CCCCCCCCC/C=C\C/C=C\C/C=C\CCCCC)C(O)/C=C/CCCCCCCCCCCC)OC(CO)C(O)C1O. The largest absolute Gasteiger partial charge is 0.454 e. The van der Waals surface area contributed by atoms with Crippen molar-refractivity contribution in [1.29, 1.82) is 0 Å². The fourth-order valence-corrected chi connectivity index (χ4v) is 8.61. The Bertz CT molecular complexity index is 1570. The highest BCUT2D eigenvalue weighted by atomic mass is 16.7. The first kappa shape index (κ1) is 68.6. The Morgan fingerprint density at radius 2 is 1.03 bits per heavy atom. The Labute approximate surface area is 450 Å². The summed E-state index contributed by atoms with van der Waals surface area (Å²) < 4.78 is 17.5. The van der Waals surface area contributed by atoms with Crippen LogP contribution in [-0.2, 0) is 23.8 Å². The van der Waals surface area contributed by atoms with Crippen molar-refractivity contribution in [3.8, 4) is 0 Å². The lowest BCUT2D eigenvalue weighted by Gasteiger charge is -2.41. The summed E-state index contributed by atoms with van der Waals surface area (Å²) >= 11 is 0. The van der Waals surface area contributed by atoms with Crippen LogP contribution >= 0.6 is 0 Å². The monoisotopic (exact) mass is 1040 g/mol. The van der Waals surface area contributed by atoms with Crippen molar-refractivity contribution in [2.45, 2.75) is 275 Å². The van der Waals surface area contributed by atoms with Gasteiger partial charge in [0.15, 0.2) is 12.4 Å². The molecule has 1 amide bonds. The number of nitrogens with one attached hydrogen (secondary N) is 1. The number of hydrogen-bond acceptors (Lipinski definition) is 10. The van der Waals surface area contributed by atoms with E-state index in [2.05, 4.69) is 74.7 Å². The average Bonchev–Trinajstić information content (AvgIpc) is 3.40. The molecule has 0 aliphatic carbocycles. The lowest BCUT2D eigenvalue weighted by atomic mass is 9.99. The van der Waals surface area contributed by atoms with E-state index in [1.165, 1.54) is 83.5 Å². The summed E-state index contributed by atoms with van der Waals surface area (Å²) in [6.45, 7) is 5.57. The molecule has 424 valence electrons. The van der Waals surface area contributed by atoms with Crippen LogP contribution in [0.25, 0.3) is 0 Å². The Kier molecular flexibility index (Phi) is 46.7. The maximum absolute atomic E-state index is 13.4. The average molecular weight is 1040 g/mol. The van der Waals surface area contributed by atoms with Crippen LogP contribution in [0.4, 0.5) is 0 Å². The summed E-state index contributed by atoms with van der Waals surface area (Å²) in [4.78, 5) is 26.5. The predicted octanol–water partition coefficient (Wildman–Crippen LogP) is 13.6. The quantitative estimate of drug-likeness (QED) is 0.0149. The van der Waals surface area contributed by atoms with Gasteiger partial charge in [-0.1, -0.05) is 234 Å². The van der Waals surface area contributed by atoms with Crippen molar-refractivity contribution in [2.24, 2.45) is 0 Å². The Morgan fingerprint density at radius 1 is 0.554 bits per heavy atom. The molecule has 1 fully saturated rings. The standard InChI is InChI=1S/C63H107NO10/c1-4-7-10-13-16-19-22-25-26-27-28-29-30-31-33-35-38-41-44-47-50-56(67)62(71)64-54(55(66)49-46-43-40-37-34-24-21-18-15-12-9-6-3)53-72-63-61(60(70)59(69)57(52-65)73-63)74-58(68)51-48-45-42-39-36-32-23-20-17-14-11-8-5-2/h8,11,14,16-17,19-20,23,25-26,28-29,32,36,46,49,54-57,59-61,63,65-67,69-70H,4-7,9-10,12-13,15,18,21-22,24,27,30-31,33-35,37-45,47-48,50-53H2,1-3H3,(H,64,71)/b11-8+,17-14+,19-16-,23-20-,26-25-,29-28-,36-32-,49-46+. The van der Waals surface area contributed by atoms with E-state index in [1.54, 1.807) is 6.08 Å². The van der Waals surface area contributed by atoms with E-state index in [0.29, 0.717) is 12.8 Å². The summed E-state index contributed by atoms with van der Waals surface area (Å²) in [6.07, 6.45) is 55.9. The van der Waals surface area contributed by atoms with Gasteiger partial charge in [-0.05, 0) is 83.5 Å². The third-order valence-electron chi connectivity index (χ3n) is 13.3. The van der Waals surface area contributed by atoms with E-state index in [1.807, 2.05) is 42.5 Å². The number of allylic oxidation sites excluding steroid dienone is 15. The molecule has 0 radical (unpaired) electrons. The number of esters is 1. The van der Waals surface area contributed by atoms with Crippen molar-refractivity contribution in [1.82, 2.24) is 5.32 Å². The molecule has 1 heterocycles. The number of hydrogen-bond donors (Lipinski definition) is 6. The number of carbonyl (C=O) groups is 2. The van der Waals surface area contributed by atoms with Gasteiger partial charge < -0.3 is 45.1 Å². The highest BCUT2D eigenvalue weighted by Gasteiger charge is 2.47. The van der Waals surface area contributed by atoms with Gasteiger partial charge in [0.25, 0.3) is 0 Å². The lowest BCUT2D eigenvalue weighted by Crippen LogP contribution is -2.61. The molecule has 0 aromatic carbocycles. The van der Waals surface area contributed by atoms with Gasteiger partial charge in [-0.3, -0.25) is 9.59 Å². The number of ether oxygens (including phenoxy) is 3. The lowest BCUT2D eigenvalue weighted by molar-refractivity contribution is -0.305. The molecule has 8 atom stereocenters. The van der Waals surface area contributed by atoms with Gasteiger partial charge in [-0.2, -0.15) is 0 Å². The highest BCUT2D eigenvalue weighted by molar-refractivity contribution is 5.80. The molecule has 1 saturated heterocycles. The van der Waals surface area contributed by atoms with Crippen molar-refractivity contribution in [3.63, 3.8) is 0 Å². The molecule has 11 nitrogen and oxygen atoms in total. The van der Waals surface area contributed by atoms with Crippen LogP contribution in [0.15, 0.2) is 97.2 Å². The van der Waals surface area contributed by atoms with Crippen molar-refractivity contribution >= 4 is 11.9 Å². The number of carbonyl (C=O) groups excluding carboxylic acids is 2. The van der Waals surface area contributed by atoms with Gasteiger partial charge in [0, 0.05) is 6.42 Å². The summed E-state index contributed by atoms with van der Waals surface area (Å²) in [5, 5.41) is 56.8. The topological polar surface area (TPSA) is 175 Å². The van der Waals surface area contributed by atoms with Gasteiger partial charge in [0.2, 0.25) is 5.91 Å². The maximum atomic E-state index is 13.4. The summed E-state index contributed by atoms with van der Waals surface area (Å²) in [5.74, 6) is -1.25. The van der Waals surface area contributed by atoms with Crippen molar-refractivity contribution in [2.75, 3.05) is 13.2 Å². The van der Waals surface area contributed by atoms with Gasteiger partial charge in [0.1, 0.15) is 24.4 Å². The van der Waals surface area contributed by atoms with Gasteiger partial charge in [0.05, 0.1) is 25.4 Å². The minimum Gasteiger partial charge on any atom is -0.454 e. The van der Waals surface area contributed by atoms with E-state index in [9.17, 15) is 35.1 Å². The number of aliphatic hydroxyl groups excluding tert-OH is 5. The molecule has 11 heteroatoms. The van der Waals surface area contributed by atoms with Crippen LogP contribution in [0.5, 0.6) is 0 Å². The van der Waals surface area contributed by atoms with Crippen LogP contribution in [0.3, 0.4) is 0 Å². The van der Waals surface area contributed by atoms with Crippen LogP contribution in [0.2, 0.25) is 0 Å². The van der Waals surface area contributed by atoms with E-state index in [-0.39, 0.29) is 19.4 Å². The molecule has 1 aliphatic rings. The van der Waals surface area contributed by atoms with Gasteiger partial charge in [-0.25, -0.2) is 0 Å². The van der Waals surface area contributed by atoms with Gasteiger partial charge in [-0.15, -0.1) is 0 Å². The third kappa shape index (κ3) is 38.2. The van der Waals surface area contributed by atoms with Gasteiger partial charge >= 0.3 is 5.97 Å². The smallest absolute Gasteiger partial charge is 0.306 e. The first-order valence-electron chi connectivity index (χ1n) is 29.6. The zero-order valence-corrected chi connectivity index (χ0v) is 46.7. The van der Waals surface area contributed by atoms with E-state index >= 15 is 0 Å². The molecular weight excluding hydrogens is 931 g/mol. The summed E-state index contributed by atoms with van der Waals surface area (Å²) in [6, 6.07) is -1.04. The minimum absolute atomic E-state index is 0.0720. The number of unbranched alkanes of at least 4 members (excludes halogenated alkanes) is 23. The molecule has 0 aromatic rings. The zero-order chi connectivity index (χ0) is 54.0. The molecular formula is C63H107NO10. The second-order valence-corrected chi connectivity index (χ2v) is 20.1. The fraction of sp³-hybridized carbons (Fsp3) is 0.714. The molecule has 8 unspecified atom stereocenters. The van der Waals surface area contributed by atoms with Crippen LogP contribution in [0.1, 0.15) is 226 Å². The molecule has 0 spiro atoms. The molecule has 1 aliphatic heterocycles. The summed E-state index contributed by atoms with van der Waals surface area (Å²) in [5.41, 5.74) is 0. The fourth-order valence-electron chi connectivity index (χ4n) is 8.61. The Morgan fingerprint density at radius 3 is 1.61 bits per heavy atom. The third-order valence-corrected chi connectivity index (χ3v) is 13.3. The molecule has 0 saturated carbocycles. The molecule has 74 heavy (non-hydrogen) atoms. The van der Waals surface area contributed by atoms with Crippen LogP contribution in [-0.4, -0.2) is 99.6 Å². The highest BCUT2D eigenvalue weighted by Crippen LogP contribution is 2.26. The second-order valence-electron chi connectivity index (χ2n) is 20.1. The van der Waals surface area contributed by atoms with Crippen molar-refractivity contribution < 1.29 is 49.3 Å². The Balaban J connectivity index is 2.73. The van der Waals surface area contributed by atoms with E-state index in [4.69, 9.17) is 14.2 Å². The molecule has 6 N–H and O–H groups in total. The first-order chi connectivity index (χ1) is 36.2. The normalized spacial score (nSPS) is 20.0. The van der Waals surface area contributed by atoms with Crippen molar-refractivity contribution in [3.05, 3.63) is 97.2 Å². The van der Waals surface area contributed by atoms with Crippen LogP contribution < -0.4 is 5.32 Å². The zero-order valence-electron chi connectivity index (χ0n) is 46.7. The number of aliphatic hydroxyl groups is 5. The second kappa shape index (κ2) is 50.4. The van der Waals surface area contributed by atoms with E-state index in [0.717, 1.165) is 96.3 Å². The molecule has 0 aromatic heterocycles. The Hall–Kier alpha value is -3.42. The van der Waals surface area contributed by atoms with Crippen LogP contribution in [0, 0.1) is 0 Å². The van der Waals surface area contributed by atoms with E-state index < -0.39 is 67.4 Å². The molecule has 1 rings (SSSR count). The summed E-state index contributed by atoms with van der Waals surface area (Å²) in [7, 11) is 0. The number of rotatable bonds is 48. The minimum atomic E-state index is -1.64. The number of amides is 1. The predicted molar refractivity (Wildman–Crippen MR) is 305 cm³/mol.